The second kappa shape index (κ2) is 20.6. The number of fused-ring (bicyclic) bond motifs is 5. The lowest BCUT2D eigenvalue weighted by atomic mass is 9.44. The lowest BCUT2D eigenvalue weighted by Gasteiger charge is -2.63. The van der Waals surface area contributed by atoms with Crippen molar-refractivity contribution >= 4 is 50.0 Å². The normalized spacial score (nSPS) is 34.5. The lowest BCUT2D eigenvalue weighted by Crippen LogP contribution is -2.70. The lowest BCUT2D eigenvalue weighted by molar-refractivity contribution is -0.228. The van der Waals surface area contributed by atoms with Crippen molar-refractivity contribution in [3.63, 3.8) is 0 Å². The van der Waals surface area contributed by atoms with Crippen molar-refractivity contribution in [3.05, 3.63) is 36.5 Å². The van der Waals surface area contributed by atoms with E-state index in [9.17, 15) is 43.2 Å². The average Bonchev–Trinajstić information content (AvgIpc) is 3.39. The van der Waals surface area contributed by atoms with Gasteiger partial charge in [-0.15, -0.1) is 6.58 Å². The molecule has 4 N–H and O–H groups in total. The molecular formula is C41H63F2NO13P2S. The zero-order valence-corrected chi connectivity index (χ0v) is 37.9. The van der Waals surface area contributed by atoms with Gasteiger partial charge in [-0.2, -0.15) is 0 Å². The van der Waals surface area contributed by atoms with Crippen LogP contribution in [-0.2, 0) is 46.6 Å². The molecule has 3 fully saturated rings. The number of nitrogens with one attached hydrogen (secondary N) is 1. The Labute approximate surface area is 356 Å². The number of halogens is 2. The summed E-state index contributed by atoms with van der Waals surface area (Å²) in [6.45, 7) is 11.1. The molecule has 4 aliphatic rings. The number of esters is 1. The standard InChI is InChI=1S/C41H63F2NO13P2S/c1-7-9-10-11-12-15-28(4)54-26-35(47)44-18-19-55-59(52,53)57-58(50,51)20-13-14-21-60-37(49)41(56-36(48)8-2)27(3)22-30-31-24-33(42)32-23-29(45)16-17-38(32,5)40(31,43)34(46)25-39(30,41)6/h7,16-17,23,27-28,30-31,33-34,46H,1,8-15,18-22,24-26H2,2-6H3,(H,44,47)(H,50,51)(H,52,53)/t27-,28?,30+,31+,33+,34+,38+,39+,40+,41+/m1/s1. The Bertz CT molecular complexity index is 1770. The third-order valence-corrected chi connectivity index (χ3v) is 17.3. The van der Waals surface area contributed by atoms with Gasteiger partial charge in [-0.25, -0.2) is 17.7 Å². The topological polar surface area (TPSA) is 212 Å². The summed E-state index contributed by atoms with van der Waals surface area (Å²) in [6.07, 6.45) is 5.77. The van der Waals surface area contributed by atoms with Gasteiger partial charge in [0.2, 0.25) is 11.0 Å². The zero-order valence-electron chi connectivity index (χ0n) is 35.3. The molecule has 4 aliphatic carbocycles. The molecular weight excluding hydrogens is 846 g/mol. The number of rotatable bonds is 23. The molecule has 3 unspecified atom stereocenters. The number of unbranched alkanes of at least 4 members (excludes halogenated alkanes) is 4. The van der Waals surface area contributed by atoms with E-state index in [1.807, 2.05) is 13.0 Å². The Kier molecular flexibility index (Phi) is 17.4. The summed E-state index contributed by atoms with van der Waals surface area (Å²) >= 11 is 0.810. The van der Waals surface area contributed by atoms with Gasteiger partial charge in [0.25, 0.3) is 0 Å². The summed E-state index contributed by atoms with van der Waals surface area (Å²) < 4.78 is 79.7. The Balaban J connectivity index is 1.30. The molecule has 0 aromatic heterocycles. The number of amides is 1. The van der Waals surface area contributed by atoms with Crippen molar-refractivity contribution in [2.45, 2.75) is 135 Å². The van der Waals surface area contributed by atoms with Gasteiger partial charge in [0.15, 0.2) is 17.1 Å². The first-order chi connectivity index (χ1) is 28.0. The highest BCUT2D eigenvalue weighted by Gasteiger charge is 2.78. The van der Waals surface area contributed by atoms with Gasteiger partial charge in [-0.3, -0.25) is 28.3 Å². The number of phosphoric acid groups is 1. The van der Waals surface area contributed by atoms with Gasteiger partial charge in [0, 0.05) is 41.4 Å². The number of ether oxygens (including phenoxy) is 2. The number of carbonyl (C=O) groups is 4. The molecule has 1 amide bonds. The third kappa shape index (κ3) is 10.8. The van der Waals surface area contributed by atoms with Crippen LogP contribution in [-0.4, -0.2) is 99.0 Å². The largest absolute Gasteiger partial charge is 0.479 e. The maximum Gasteiger partial charge on any atom is 0.479 e. The highest BCUT2D eigenvalue weighted by Crippen LogP contribution is 2.72. The van der Waals surface area contributed by atoms with Gasteiger partial charge in [0.1, 0.15) is 12.8 Å². The molecule has 0 aliphatic heterocycles. The number of hydrogen-bond donors (Lipinski definition) is 4. The summed E-state index contributed by atoms with van der Waals surface area (Å²) in [5, 5.41) is 13.7. The number of hydrogen-bond acceptors (Lipinski definition) is 12. The van der Waals surface area contributed by atoms with Gasteiger partial charge in [-0.05, 0) is 88.9 Å². The van der Waals surface area contributed by atoms with E-state index < -0.39 is 103 Å². The van der Waals surface area contributed by atoms with Crippen molar-refractivity contribution in [1.29, 1.82) is 0 Å². The molecule has 60 heavy (non-hydrogen) atoms. The number of aliphatic hydroxyl groups is 1. The van der Waals surface area contributed by atoms with Crippen LogP contribution in [0.1, 0.15) is 105 Å². The maximum atomic E-state index is 17.7. The fourth-order valence-corrected chi connectivity index (χ4v) is 14.0. The van der Waals surface area contributed by atoms with E-state index in [1.54, 1.807) is 20.8 Å². The first-order valence-electron chi connectivity index (χ1n) is 20.9. The number of ketones is 1. The van der Waals surface area contributed by atoms with E-state index in [0.29, 0.717) is 0 Å². The molecule has 0 bridgehead atoms. The number of phosphoric ester groups is 1. The quantitative estimate of drug-likeness (QED) is 0.0344. The summed E-state index contributed by atoms with van der Waals surface area (Å²) in [7, 11) is -9.68. The minimum Gasteiger partial charge on any atom is -0.449 e. The van der Waals surface area contributed by atoms with Crippen LogP contribution in [0.5, 0.6) is 0 Å². The number of alkyl halides is 2. The summed E-state index contributed by atoms with van der Waals surface area (Å²) in [4.78, 5) is 72.1. The van der Waals surface area contributed by atoms with E-state index in [2.05, 4.69) is 16.2 Å². The Hall–Kier alpha value is -2.07. The molecule has 3 saturated carbocycles. The van der Waals surface area contributed by atoms with Gasteiger partial charge in [0.05, 0.1) is 25.0 Å². The number of allylic oxidation sites excluding steroid dienone is 5. The van der Waals surface area contributed by atoms with Gasteiger partial charge in [-0.1, -0.05) is 57.5 Å². The number of carbonyl (C=O) groups excluding carboxylic acids is 4. The van der Waals surface area contributed by atoms with Crippen LogP contribution in [0.3, 0.4) is 0 Å². The molecule has 0 aromatic rings. The van der Waals surface area contributed by atoms with Crippen LogP contribution in [0.15, 0.2) is 36.5 Å². The predicted molar refractivity (Wildman–Crippen MR) is 222 cm³/mol. The minimum atomic E-state index is -5.01. The molecule has 340 valence electrons. The van der Waals surface area contributed by atoms with Crippen LogP contribution in [0, 0.1) is 28.6 Å². The van der Waals surface area contributed by atoms with Gasteiger partial charge < -0.3 is 29.7 Å². The molecule has 4 rings (SSSR count). The third-order valence-electron chi connectivity index (χ3n) is 13.0. The average molecular weight is 910 g/mol. The van der Waals surface area contributed by atoms with Crippen LogP contribution >= 0.6 is 27.2 Å². The fourth-order valence-electron chi connectivity index (χ4n) is 9.98. The van der Waals surface area contributed by atoms with Crippen LogP contribution in [0.4, 0.5) is 8.78 Å². The summed E-state index contributed by atoms with van der Waals surface area (Å²) in [6, 6.07) is 0. The Morgan fingerprint density at radius 3 is 2.52 bits per heavy atom. The van der Waals surface area contributed by atoms with E-state index in [0.717, 1.165) is 49.9 Å². The first-order valence-corrected chi connectivity index (χ1v) is 25.1. The second-order valence-corrected chi connectivity index (χ2v) is 21.7. The fraction of sp³-hybridized carbons (Fsp3) is 0.756. The van der Waals surface area contributed by atoms with Crippen LogP contribution in [0.2, 0.25) is 0 Å². The van der Waals surface area contributed by atoms with E-state index in [-0.39, 0.29) is 69.1 Å². The van der Waals surface area contributed by atoms with Crippen molar-refractivity contribution in [2.24, 2.45) is 28.6 Å². The Morgan fingerprint density at radius 1 is 1.12 bits per heavy atom. The molecule has 14 nitrogen and oxygen atoms in total. The van der Waals surface area contributed by atoms with Crippen LogP contribution in [0.25, 0.3) is 0 Å². The number of aliphatic hydroxyl groups excluding tert-OH is 1. The molecule has 0 radical (unpaired) electrons. The molecule has 0 spiro atoms. The highest BCUT2D eigenvalue weighted by molar-refractivity contribution is 8.13. The molecule has 0 aromatic carbocycles. The second-order valence-electron chi connectivity index (χ2n) is 17.0. The van der Waals surface area contributed by atoms with E-state index >= 15 is 8.78 Å². The van der Waals surface area contributed by atoms with Crippen molar-refractivity contribution < 1.29 is 70.3 Å². The molecule has 12 atom stereocenters. The molecule has 19 heteroatoms. The smallest absolute Gasteiger partial charge is 0.449 e. The minimum absolute atomic E-state index is 0.0257. The first kappa shape index (κ1) is 50.6. The van der Waals surface area contributed by atoms with Crippen molar-refractivity contribution in [2.75, 3.05) is 31.7 Å². The molecule has 0 heterocycles. The summed E-state index contributed by atoms with van der Waals surface area (Å²) in [5.74, 6) is -4.00. The Morgan fingerprint density at radius 2 is 1.83 bits per heavy atom. The zero-order chi connectivity index (χ0) is 44.7. The van der Waals surface area contributed by atoms with Crippen molar-refractivity contribution in [3.8, 4) is 0 Å². The van der Waals surface area contributed by atoms with Crippen LogP contribution < -0.4 is 5.32 Å². The predicted octanol–water partition coefficient (Wildman–Crippen LogP) is 7.26. The monoisotopic (exact) mass is 909 g/mol. The SMILES string of the molecule is C=CCCCCCC(C)OCC(=O)NCCOP(=O)(O)OP(=O)(O)CCCCSC(=O)[C@@]1(OC(=O)CC)[C@H](C)C[C@H]2[C@@H]3C[C@H](F)C4=CC(=O)C=C[C@]4(C)[C@@]3(F)[C@@H](O)C[C@@]21C. The highest BCUT2D eigenvalue weighted by atomic mass is 32.2. The van der Waals surface area contributed by atoms with Crippen molar-refractivity contribution in [1.82, 2.24) is 5.32 Å². The molecule has 0 saturated heterocycles. The maximum absolute atomic E-state index is 17.7. The summed E-state index contributed by atoms with van der Waals surface area (Å²) in [5.41, 5.74) is -7.18. The van der Waals surface area contributed by atoms with Gasteiger partial charge >= 0.3 is 21.4 Å². The van der Waals surface area contributed by atoms with E-state index in [4.69, 9.17) is 14.0 Å². The van der Waals surface area contributed by atoms with E-state index in [1.165, 1.54) is 19.1 Å². The number of thioether (sulfide) groups is 1.